The standard InChI is InChI=1S/C16H18N2O6/c1-7-4-3-5-8(6-7)18-14(20)10-9(13(19)17-2)11(15(21)22)12(10)16(23)24/h3-6,9-12H,1-2H3,(H,17,19)(H,18,20)(H,21,22)(H,23,24). The van der Waals surface area contributed by atoms with Crippen LogP contribution in [-0.2, 0) is 19.2 Å². The van der Waals surface area contributed by atoms with E-state index in [1.165, 1.54) is 7.05 Å². The van der Waals surface area contributed by atoms with E-state index in [1.54, 1.807) is 18.2 Å². The maximum atomic E-state index is 12.5. The number of carboxylic acids is 2. The van der Waals surface area contributed by atoms with Crippen LogP contribution in [-0.4, -0.2) is 41.0 Å². The molecule has 0 bridgehead atoms. The van der Waals surface area contributed by atoms with Crippen LogP contribution in [0.2, 0.25) is 0 Å². The lowest BCUT2D eigenvalue weighted by Crippen LogP contribution is -2.62. The van der Waals surface area contributed by atoms with E-state index in [-0.39, 0.29) is 0 Å². The van der Waals surface area contributed by atoms with Gasteiger partial charge in [0.2, 0.25) is 11.8 Å². The lowest BCUT2D eigenvalue weighted by atomic mass is 9.55. The number of nitrogens with one attached hydrogen (secondary N) is 2. The summed E-state index contributed by atoms with van der Waals surface area (Å²) in [6.07, 6.45) is 0. The molecule has 1 saturated carbocycles. The normalized spacial score (nSPS) is 25.2. The first kappa shape index (κ1) is 17.5. The molecule has 0 heterocycles. The average Bonchev–Trinajstić information content (AvgIpc) is 2.44. The van der Waals surface area contributed by atoms with Crippen molar-refractivity contribution < 1.29 is 29.4 Å². The molecule has 24 heavy (non-hydrogen) atoms. The van der Waals surface area contributed by atoms with Crippen molar-refractivity contribution in [1.29, 1.82) is 0 Å². The number of aliphatic carboxylic acids is 2. The molecule has 0 aliphatic heterocycles. The molecule has 0 saturated heterocycles. The third kappa shape index (κ3) is 3.08. The molecule has 0 aromatic heterocycles. The summed E-state index contributed by atoms with van der Waals surface area (Å²) in [7, 11) is 1.31. The maximum Gasteiger partial charge on any atom is 0.308 e. The second-order valence-corrected chi connectivity index (χ2v) is 5.75. The van der Waals surface area contributed by atoms with Gasteiger partial charge in [-0.2, -0.15) is 0 Å². The Hall–Kier alpha value is -2.90. The quantitative estimate of drug-likeness (QED) is 0.613. The highest BCUT2D eigenvalue weighted by Crippen LogP contribution is 2.47. The van der Waals surface area contributed by atoms with Crippen molar-refractivity contribution in [2.24, 2.45) is 23.7 Å². The molecule has 4 N–H and O–H groups in total. The molecule has 1 fully saturated rings. The topological polar surface area (TPSA) is 133 Å². The molecule has 1 aliphatic carbocycles. The van der Waals surface area contributed by atoms with Crippen molar-refractivity contribution >= 4 is 29.4 Å². The number of hydrogen-bond donors (Lipinski definition) is 4. The van der Waals surface area contributed by atoms with Crippen LogP contribution < -0.4 is 10.6 Å². The van der Waals surface area contributed by atoms with Crippen LogP contribution in [0.25, 0.3) is 0 Å². The van der Waals surface area contributed by atoms with Gasteiger partial charge in [-0.05, 0) is 24.6 Å². The molecule has 2 amide bonds. The predicted octanol–water partition coefficient (Wildman–Crippen LogP) is 0.327. The minimum atomic E-state index is -1.45. The van der Waals surface area contributed by atoms with E-state index in [0.29, 0.717) is 5.69 Å². The van der Waals surface area contributed by atoms with Gasteiger partial charge in [-0.3, -0.25) is 19.2 Å². The summed E-state index contributed by atoms with van der Waals surface area (Å²) in [6, 6.07) is 6.86. The molecule has 128 valence electrons. The Kier molecular flexibility index (Phi) is 4.87. The molecule has 4 unspecified atom stereocenters. The van der Waals surface area contributed by atoms with Crippen LogP contribution in [0.5, 0.6) is 0 Å². The number of carbonyl (C=O) groups excluding carboxylic acids is 2. The first-order valence-corrected chi connectivity index (χ1v) is 7.32. The number of aryl methyl sites for hydroxylation is 1. The molecule has 2 rings (SSSR count). The van der Waals surface area contributed by atoms with Gasteiger partial charge in [0.1, 0.15) is 0 Å². The van der Waals surface area contributed by atoms with E-state index in [4.69, 9.17) is 0 Å². The highest BCUT2D eigenvalue weighted by molar-refractivity contribution is 6.03. The summed E-state index contributed by atoms with van der Waals surface area (Å²) >= 11 is 0. The van der Waals surface area contributed by atoms with E-state index < -0.39 is 47.4 Å². The Labute approximate surface area is 137 Å². The number of carbonyl (C=O) groups is 4. The Morgan fingerprint density at radius 2 is 1.46 bits per heavy atom. The number of carboxylic acid groups (broad SMARTS) is 2. The van der Waals surface area contributed by atoms with Gasteiger partial charge in [-0.1, -0.05) is 12.1 Å². The van der Waals surface area contributed by atoms with E-state index >= 15 is 0 Å². The van der Waals surface area contributed by atoms with Crippen molar-refractivity contribution in [3.05, 3.63) is 29.8 Å². The second-order valence-electron chi connectivity index (χ2n) is 5.75. The summed E-state index contributed by atoms with van der Waals surface area (Å²) < 4.78 is 0. The zero-order valence-corrected chi connectivity index (χ0v) is 13.1. The number of benzene rings is 1. The first-order valence-electron chi connectivity index (χ1n) is 7.32. The zero-order valence-electron chi connectivity index (χ0n) is 13.1. The third-order valence-corrected chi connectivity index (χ3v) is 4.26. The highest BCUT2D eigenvalue weighted by Gasteiger charge is 2.63. The minimum Gasteiger partial charge on any atom is -0.481 e. The third-order valence-electron chi connectivity index (χ3n) is 4.26. The van der Waals surface area contributed by atoms with Gasteiger partial charge in [-0.25, -0.2) is 0 Å². The Bertz CT molecular complexity index is 702. The van der Waals surface area contributed by atoms with E-state index in [0.717, 1.165) is 5.56 Å². The van der Waals surface area contributed by atoms with Gasteiger partial charge in [0, 0.05) is 12.7 Å². The molecule has 4 atom stereocenters. The van der Waals surface area contributed by atoms with E-state index in [9.17, 15) is 29.4 Å². The van der Waals surface area contributed by atoms with Crippen LogP contribution in [0, 0.1) is 30.6 Å². The average molecular weight is 334 g/mol. The highest BCUT2D eigenvalue weighted by atomic mass is 16.4. The number of anilines is 1. The van der Waals surface area contributed by atoms with Crippen molar-refractivity contribution in [1.82, 2.24) is 5.32 Å². The molecule has 8 nitrogen and oxygen atoms in total. The maximum absolute atomic E-state index is 12.5. The lowest BCUT2D eigenvalue weighted by molar-refractivity contribution is -0.180. The van der Waals surface area contributed by atoms with Gasteiger partial charge in [0.25, 0.3) is 0 Å². The van der Waals surface area contributed by atoms with Crippen LogP contribution in [0.15, 0.2) is 24.3 Å². The van der Waals surface area contributed by atoms with Gasteiger partial charge in [0.05, 0.1) is 23.7 Å². The molecule has 0 radical (unpaired) electrons. The monoisotopic (exact) mass is 334 g/mol. The fraction of sp³-hybridized carbons (Fsp3) is 0.375. The summed E-state index contributed by atoms with van der Waals surface area (Å²) in [5.74, 6) is -9.52. The van der Waals surface area contributed by atoms with Gasteiger partial charge >= 0.3 is 11.9 Å². The Balaban J connectivity index is 2.29. The molecule has 8 heteroatoms. The number of hydrogen-bond acceptors (Lipinski definition) is 4. The van der Waals surface area contributed by atoms with Crippen LogP contribution in [0.4, 0.5) is 5.69 Å². The van der Waals surface area contributed by atoms with Gasteiger partial charge in [-0.15, -0.1) is 0 Å². The molecule has 1 aliphatic rings. The fourth-order valence-corrected chi connectivity index (χ4v) is 3.13. The number of amides is 2. The smallest absolute Gasteiger partial charge is 0.308 e. The van der Waals surface area contributed by atoms with Crippen molar-refractivity contribution in [2.75, 3.05) is 12.4 Å². The summed E-state index contributed by atoms with van der Waals surface area (Å²) in [6.45, 7) is 1.83. The van der Waals surface area contributed by atoms with Crippen molar-refractivity contribution in [2.45, 2.75) is 6.92 Å². The summed E-state index contributed by atoms with van der Waals surface area (Å²) in [5.41, 5.74) is 1.35. The largest absolute Gasteiger partial charge is 0.481 e. The lowest BCUT2D eigenvalue weighted by Gasteiger charge is -2.45. The minimum absolute atomic E-state index is 0.457. The second kappa shape index (κ2) is 6.69. The summed E-state index contributed by atoms with van der Waals surface area (Å²) in [4.78, 5) is 47.1. The SMILES string of the molecule is CNC(=O)C1C(C(=O)O)C(C(=O)O)C1C(=O)Nc1cccc(C)c1. The molecular weight excluding hydrogens is 316 g/mol. The Morgan fingerprint density at radius 3 is 1.92 bits per heavy atom. The van der Waals surface area contributed by atoms with Gasteiger partial charge < -0.3 is 20.8 Å². The van der Waals surface area contributed by atoms with Crippen LogP contribution in [0.1, 0.15) is 5.56 Å². The van der Waals surface area contributed by atoms with Crippen molar-refractivity contribution in [3.63, 3.8) is 0 Å². The van der Waals surface area contributed by atoms with Crippen LogP contribution >= 0.6 is 0 Å². The van der Waals surface area contributed by atoms with E-state index in [1.807, 2.05) is 13.0 Å². The Morgan fingerprint density at radius 1 is 0.917 bits per heavy atom. The van der Waals surface area contributed by atoms with Crippen LogP contribution in [0.3, 0.4) is 0 Å². The van der Waals surface area contributed by atoms with Gasteiger partial charge in [0.15, 0.2) is 0 Å². The molecule has 0 spiro atoms. The van der Waals surface area contributed by atoms with E-state index in [2.05, 4.69) is 10.6 Å². The zero-order chi connectivity index (χ0) is 18.0. The molecule has 1 aromatic carbocycles. The summed E-state index contributed by atoms with van der Waals surface area (Å²) in [5, 5.41) is 23.4. The number of rotatable bonds is 5. The molecular formula is C16H18N2O6. The molecule has 1 aromatic rings. The predicted molar refractivity (Wildman–Crippen MR) is 83.1 cm³/mol. The fourth-order valence-electron chi connectivity index (χ4n) is 3.13. The van der Waals surface area contributed by atoms with Crippen molar-refractivity contribution in [3.8, 4) is 0 Å². The first-order chi connectivity index (χ1) is 11.3.